The van der Waals surface area contributed by atoms with Crippen molar-refractivity contribution in [2.45, 2.75) is 32.3 Å². The molecule has 30 heavy (non-hydrogen) atoms. The van der Waals surface area contributed by atoms with Crippen LogP contribution in [0.4, 0.5) is 4.39 Å². The molecular formula is C21H17FN4O3S. The highest BCUT2D eigenvalue weighted by Gasteiger charge is 2.30. The zero-order valence-corrected chi connectivity index (χ0v) is 16.9. The number of hydrogen-bond acceptors (Lipinski definition) is 7. The first-order chi connectivity index (χ1) is 14.6. The van der Waals surface area contributed by atoms with Gasteiger partial charge >= 0.3 is 5.97 Å². The third-order valence-electron chi connectivity index (χ3n) is 5.00. The molecule has 3 heterocycles. The summed E-state index contributed by atoms with van der Waals surface area (Å²) in [6, 6.07) is 9.81. The number of esters is 1. The third kappa shape index (κ3) is 3.30. The van der Waals surface area contributed by atoms with Crippen molar-refractivity contribution in [3.05, 3.63) is 70.4 Å². The number of carbonyl (C=O) groups excluding carboxylic acids is 1. The van der Waals surface area contributed by atoms with Crippen LogP contribution in [0.15, 0.2) is 46.2 Å². The molecule has 1 unspecified atom stereocenters. The molecule has 1 aliphatic rings. The van der Waals surface area contributed by atoms with Crippen molar-refractivity contribution in [1.82, 2.24) is 20.0 Å². The van der Waals surface area contributed by atoms with Crippen LogP contribution in [0.2, 0.25) is 0 Å². The molecule has 7 nitrogen and oxygen atoms in total. The molecule has 0 spiro atoms. The molecule has 0 amide bonds. The van der Waals surface area contributed by atoms with Gasteiger partial charge in [-0.3, -0.25) is 0 Å². The summed E-state index contributed by atoms with van der Waals surface area (Å²) in [7, 11) is 0. The summed E-state index contributed by atoms with van der Waals surface area (Å²) in [5, 5.41) is 14.4. The van der Waals surface area contributed by atoms with Crippen LogP contribution in [0.3, 0.4) is 0 Å². The topological polar surface area (TPSA) is 83.0 Å². The van der Waals surface area contributed by atoms with E-state index in [1.54, 1.807) is 23.7 Å². The minimum absolute atomic E-state index is 0.223. The molecule has 0 N–H and O–H groups in total. The quantitative estimate of drug-likeness (QED) is 0.438. The highest BCUT2D eigenvalue weighted by molar-refractivity contribution is 7.13. The van der Waals surface area contributed by atoms with E-state index in [1.807, 2.05) is 17.5 Å². The maximum absolute atomic E-state index is 13.3. The van der Waals surface area contributed by atoms with Crippen molar-refractivity contribution in [2.24, 2.45) is 0 Å². The number of rotatable bonds is 5. The predicted molar refractivity (Wildman–Crippen MR) is 107 cm³/mol. The Kier molecular flexibility index (Phi) is 4.66. The summed E-state index contributed by atoms with van der Waals surface area (Å²) < 4.78 is 26.2. The first kappa shape index (κ1) is 18.7. The van der Waals surface area contributed by atoms with Crippen LogP contribution in [0.25, 0.3) is 16.5 Å². The summed E-state index contributed by atoms with van der Waals surface area (Å²) in [6.45, 7) is 1.68. The van der Waals surface area contributed by atoms with E-state index in [9.17, 15) is 9.18 Å². The van der Waals surface area contributed by atoms with Crippen molar-refractivity contribution in [3.8, 4) is 16.5 Å². The number of halogens is 1. The van der Waals surface area contributed by atoms with Crippen LogP contribution < -0.4 is 0 Å². The van der Waals surface area contributed by atoms with Gasteiger partial charge in [0, 0.05) is 11.3 Å². The second-order valence-corrected chi connectivity index (χ2v) is 7.93. The van der Waals surface area contributed by atoms with E-state index < -0.39 is 12.1 Å². The van der Waals surface area contributed by atoms with Gasteiger partial charge in [-0.25, -0.2) is 13.9 Å². The molecule has 1 aliphatic carbocycles. The van der Waals surface area contributed by atoms with E-state index in [-0.39, 0.29) is 17.4 Å². The molecule has 1 atom stereocenters. The molecule has 0 saturated heterocycles. The molecule has 4 aromatic rings. The minimum Gasteiger partial charge on any atom is -0.448 e. The van der Waals surface area contributed by atoms with Gasteiger partial charge in [0.1, 0.15) is 5.82 Å². The van der Waals surface area contributed by atoms with Gasteiger partial charge in [0.05, 0.1) is 10.6 Å². The number of thiophene rings is 1. The molecule has 0 bridgehead atoms. The lowest BCUT2D eigenvalue weighted by atomic mass is 10.2. The Morgan fingerprint density at radius 1 is 1.23 bits per heavy atom. The summed E-state index contributed by atoms with van der Waals surface area (Å²) in [5.74, 6) is -0.249. The van der Waals surface area contributed by atoms with Crippen LogP contribution in [0.1, 0.15) is 47.1 Å². The van der Waals surface area contributed by atoms with Crippen molar-refractivity contribution >= 4 is 17.3 Å². The number of ether oxygens (including phenoxy) is 1. The zero-order chi connectivity index (χ0) is 20.7. The molecule has 3 aromatic heterocycles. The Morgan fingerprint density at radius 3 is 2.83 bits per heavy atom. The average molecular weight is 424 g/mol. The molecule has 1 aromatic carbocycles. The average Bonchev–Trinajstić information content (AvgIpc) is 3.52. The van der Waals surface area contributed by atoms with E-state index in [2.05, 4.69) is 15.3 Å². The molecule has 0 saturated carbocycles. The van der Waals surface area contributed by atoms with Gasteiger partial charge in [0.2, 0.25) is 0 Å². The smallest absolute Gasteiger partial charge is 0.359 e. The lowest BCUT2D eigenvalue weighted by Gasteiger charge is -2.08. The number of carbonyl (C=O) groups is 1. The molecular weight excluding hydrogens is 407 g/mol. The SMILES string of the molecule is CC(OC(=O)c1nn(-c2ccc(F)cc2)c2c1CCC2)c1nnc(-c2cccs2)o1. The van der Waals surface area contributed by atoms with Crippen LogP contribution in [0.5, 0.6) is 0 Å². The summed E-state index contributed by atoms with van der Waals surface area (Å²) in [6.07, 6.45) is 1.76. The Balaban J connectivity index is 1.39. The fraction of sp³-hybridized carbons (Fsp3) is 0.238. The zero-order valence-electron chi connectivity index (χ0n) is 16.0. The first-order valence-corrected chi connectivity index (χ1v) is 10.4. The van der Waals surface area contributed by atoms with E-state index >= 15 is 0 Å². The second-order valence-electron chi connectivity index (χ2n) is 6.99. The maximum atomic E-state index is 13.3. The number of fused-ring (bicyclic) bond motifs is 1. The first-order valence-electron chi connectivity index (χ1n) is 9.55. The number of hydrogen-bond donors (Lipinski definition) is 0. The van der Waals surface area contributed by atoms with Crippen molar-refractivity contribution < 1.29 is 18.3 Å². The summed E-state index contributed by atoms with van der Waals surface area (Å²) in [5.41, 5.74) is 2.82. The maximum Gasteiger partial charge on any atom is 0.359 e. The van der Waals surface area contributed by atoms with Crippen LogP contribution in [-0.4, -0.2) is 25.9 Å². The van der Waals surface area contributed by atoms with E-state index in [0.717, 1.165) is 35.4 Å². The highest BCUT2D eigenvalue weighted by atomic mass is 32.1. The Labute approximate surface area is 175 Å². The fourth-order valence-corrected chi connectivity index (χ4v) is 4.21. The third-order valence-corrected chi connectivity index (χ3v) is 5.86. The van der Waals surface area contributed by atoms with Crippen molar-refractivity contribution in [2.75, 3.05) is 0 Å². The normalized spacial score (nSPS) is 13.9. The van der Waals surface area contributed by atoms with Crippen molar-refractivity contribution in [1.29, 1.82) is 0 Å². The standard InChI is InChI=1S/C21H17FN4O3S/c1-12(19-23-24-20(29-19)17-6-3-11-30-17)28-21(27)18-15-4-2-5-16(15)26(25-18)14-9-7-13(22)8-10-14/h3,6-12H,2,4-5H2,1H3. The predicted octanol–water partition coefficient (Wildman–Crippen LogP) is 4.53. The van der Waals surface area contributed by atoms with E-state index in [1.165, 1.54) is 23.5 Å². The number of benzene rings is 1. The fourth-order valence-electron chi connectivity index (χ4n) is 3.56. The van der Waals surface area contributed by atoms with E-state index in [4.69, 9.17) is 9.15 Å². The minimum atomic E-state index is -0.716. The van der Waals surface area contributed by atoms with Crippen LogP contribution >= 0.6 is 11.3 Å². The van der Waals surface area contributed by atoms with Gasteiger partial charge in [-0.1, -0.05) is 6.07 Å². The molecule has 0 radical (unpaired) electrons. The van der Waals surface area contributed by atoms with Crippen LogP contribution in [0, 0.1) is 5.82 Å². The lowest BCUT2D eigenvalue weighted by molar-refractivity contribution is 0.0271. The van der Waals surface area contributed by atoms with Gasteiger partial charge in [-0.05, 0) is 61.9 Å². The Hall–Kier alpha value is -3.33. The van der Waals surface area contributed by atoms with Gasteiger partial charge < -0.3 is 9.15 Å². The monoisotopic (exact) mass is 424 g/mol. The molecule has 9 heteroatoms. The van der Waals surface area contributed by atoms with E-state index in [0.29, 0.717) is 11.6 Å². The lowest BCUT2D eigenvalue weighted by Crippen LogP contribution is -2.12. The number of nitrogens with zero attached hydrogens (tertiary/aromatic N) is 4. The Morgan fingerprint density at radius 2 is 2.07 bits per heavy atom. The summed E-state index contributed by atoms with van der Waals surface area (Å²) in [4.78, 5) is 13.7. The molecule has 0 aliphatic heterocycles. The second kappa shape index (κ2) is 7.49. The van der Waals surface area contributed by atoms with Gasteiger partial charge in [-0.15, -0.1) is 21.5 Å². The summed E-state index contributed by atoms with van der Waals surface area (Å²) >= 11 is 1.49. The van der Waals surface area contributed by atoms with Gasteiger partial charge in [0.15, 0.2) is 11.8 Å². The highest BCUT2D eigenvalue weighted by Crippen LogP contribution is 2.30. The van der Waals surface area contributed by atoms with Crippen LogP contribution in [-0.2, 0) is 17.6 Å². The largest absolute Gasteiger partial charge is 0.448 e. The van der Waals surface area contributed by atoms with Gasteiger partial charge in [0.25, 0.3) is 11.8 Å². The molecule has 5 rings (SSSR count). The Bertz CT molecular complexity index is 1200. The molecule has 152 valence electrons. The molecule has 0 fully saturated rings. The number of aromatic nitrogens is 4. The van der Waals surface area contributed by atoms with Gasteiger partial charge in [-0.2, -0.15) is 5.10 Å². The van der Waals surface area contributed by atoms with Crippen molar-refractivity contribution in [3.63, 3.8) is 0 Å².